The zero-order valence-corrected chi connectivity index (χ0v) is 11.9. The zero-order valence-electron chi connectivity index (χ0n) is 11.2. The minimum absolute atomic E-state index is 0.0814. The lowest BCUT2D eigenvalue weighted by Crippen LogP contribution is -2.26. The number of esters is 1. The second-order valence-corrected chi connectivity index (χ2v) is 5.40. The molecule has 0 aliphatic carbocycles. The molecule has 20 heavy (non-hydrogen) atoms. The van der Waals surface area contributed by atoms with Crippen molar-refractivity contribution in [2.45, 2.75) is 19.4 Å². The van der Waals surface area contributed by atoms with Crippen LogP contribution < -0.4 is 0 Å². The minimum Gasteiger partial charge on any atom is -0.469 e. The van der Waals surface area contributed by atoms with Crippen molar-refractivity contribution in [1.82, 2.24) is 9.55 Å². The van der Waals surface area contributed by atoms with E-state index in [0.29, 0.717) is 11.4 Å². The van der Waals surface area contributed by atoms with Gasteiger partial charge in [-0.15, -0.1) is 0 Å². The fourth-order valence-corrected chi connectivity index (χ4v) is 2.77. The largest absolute Gasteiger partial charge is 0.469 e. The molecule has 3 rings (SSSR count). The van der Waals surface area contributed by atoms with Crippen LogP contribution in [0.3, 0.4) is 0 Å². The van der Waals surface area contributed by atoms with Gasteiger partial charge in [0.2, 0.25) is 0 Å². The van der Waals surface area contributed by atoms with Crippen LogP contribution in [-0.4, -0.2) is 22.6 Å². The van der Waals surface area contributed by atoms with Gasteiger partial charge in [0.15, 0.2) is 0 Å². The number of carbonyl (C=O) groups is 1. The number of aromatic nitrogens is 2. The Labute approximate surface area is 122 Å². The summed E-state index contributed by atoms with van der Waals surface area (Å²) in [6, 6.07) is 7.63. The summed E-state index contributed by atoms with van der Waals surface area (Å²) in [5.41, 5.74) is 1.89. The summed E-state index contributed by atoms with van der Waals surface area (Å²) in [6.45, 7) is 0.794. The maximum Gasteiger partial charge on any atom is 0.309 e. The Balaban J connectivity index is 1.89. The molecule has 0 N–H and O–H groups in total. The van der Waals surface area contributed by atoms with Crippen LogP contribution in [0.2, 0.25) is 5.02 Å². The highest BCUT2D eigenvalue weighted by molar-refractivity contribution is 6.30. The molecule has 1 unspecified atom stereocenters. The molecule has 2 aromatic rings. The average molecular weight is 291 g/mol. The number of halogens is 1. The van der Waals surface area contributed by atoms with Crippen LogP contribution in [-0.2, 0) is 22.5 Å². The standard InChI is InChI=1S/C15H15ClN2O2/c1-20-15(19)11-5-6-18-9-13(17-14(18)8-11)10-3-2-4-12(16)7-10/h2-4,7,9,11H,5-6,8H2,1H3. The number of nitrogens with zero attached hydrogens (tertiary/aromatic N) is 2. The molecule has 0 amide bonds. The van der Waals surface area contributed by atoms with E-state index in [0.717, 1.165) is 30.0 Å². The number of aryl methyl sites for hydroxylation is 1. The van der Waals surface area contributed by atoms with Gasteiger partial charge in [0.25, 0.3) is 0 Å². The molecule has 0 fully saturated rings. The Bertz CT molecular complexity index is 651. The summed E-state index contributed by atoms with van der Waals surface area (Å²) < 4.78 is 6.93. The Morgan fingerprint density at radius 1 is 1.50 bits per heavy atom. The number of hydrogen-bond donors (Lipinski definition) is 0. The van der Waals surface area contributed by atoms with E-state index in [4.69, 9.17) is 16.3 Å². The molecule has 0 saturated heterocycles. The van der Waals surface area contributed by atoms with E-state index >= 15 is 0 Å². The minimum atomic E-state index is -0.149. The Morgan fingerprint density at radius 2 is 2.35 bits per heavy atom. The van der Waals surface area contributed by atoms with Crippen molar-refractivity contribution in [3.63, 3.8) is 0 Å². The fraction of sp³-hybridized carbons (Fsp3) is 0.333. The van der Waals surface area contributed by atoms with E-state index in [1.54, 1.807) is 0 Å². The molecule has 0 spiro atoms. The molecule has 1 aliphatic rings. The summed E-state index contributed by atoms with van der Waals surface area (Å²) in [6.07, 6.45) is 3.45. The van der Waals surface area contributed by atoms with Crippen molar-refractivity contribution in [1.29, 1.82) is 0 Å². The van der Waals surface area contributed by atoms with Crippen LogP contribution in [0.1, 0.15) is 12.2 Å². The van der Waals surface area contributed by atoms with Crippen molar-refractivity contribution < 1.29 is 9.53 Å². The van der Waals surface area contributed by atoms with Gasteiger partial charge in [0.05, 0.1) is 18.7 Å². The Kier molecular flexibility index (Phi) is 3.49. The van der Waals surface area contributed by atoms with Crippen LogP contribution in [0.4, 0.5) is 0 Å². The molecule has 4 nitrogen and oxygen atoms in total. The van der Waals surface area contributed by atoms with E-state index in [-0.39, 0.29) is 11.9 Å². The Morgan fingerprint density at radius 3 is 3.10 bits per heavy atom. The average Bonchev–Trinajstić information content (AvgIpc) is 2.89. The third-order valence-electron chi connectivity index (χ3n) is 3.66. The van der Waals surface area contributed by atoms with E-state index in [1.165, 1.54) is 7.11 Å². The topological polar surface area (TPSA) is 44.1 Å². The summed E-state index contributed by atoms with van der Waals surface area (Å²) >= 11 is 6.01. The highest BCUT2D eigenvalue weighted by Crippen LogP contribution is 2.27. The van der Waals surface area contributed by atoms with Crippen molar-refractivity contribution in [2.24, 2.45) is 5.92 Å². The van der Waals surface area contributed by atoms with Gasteiger partial charge < -0.3 is 9.30 Å². The molecule has 5 heteroatoms. The number of hydrogen-bond acceptors (Lipinski definition) is 3. The third-order valence-corrected chi connectivity index (χ3v) is 3.90. The highest BCUT2D eigenvalue weighted by Gasteiger charge is 2.27. The molecule has 1 aromatic carbocycles. The van der Waals surface area contributed by atoms with Crippen LogP contribution >= 0.6 is 11.6 Å². The molecule has 104 valence electrons. The second-order valence-electron chi connectivity index (χ2n) is 4.96. The van der Waals surface area contributed by atoms with Gasteiger partial charge in [0, 0.05) is 29.7 Å². The molecular formula is C15H15ClN2O2. The van der Waals surface area contributed by atoms with Crippen molar-refractivity contribution in [3.8, 4) is 11.3 Å². The summed E-state index contributed by atoms with van der Waals surface area (Å²) in [5, 5.41) is 0.695. The molecule has 0 radical (unpaired) electrons. The fourth-order valence-electron chi connectivity index (χ4n) is 2.58. The number of rotatable bonds is 2. The summed E-state index contributed by atoms with van der Waals surface area (Å²) in [4.78, 5) is 16.2. The normalized spacial score (nSPS) is 17.6. The van der Waals surface area contributed by atoms with Gasteiger partial charge in [-0.1, -0.05) is 23.7 Å². The van der Waals surface area contributed by atoms with E-state index < -0.39 is 0 Å². The lowest BCUT2D eigenvalue weighted by atomic mass is 9.98. The third kappa shape index (κ3) is 2.43. The van der Waals surface area contributed by atoms with E-state index in [2.05, 4.69) is 9.55 Å². The van der Waals surface area contributed by atoms with Gasteiger partial charge in [0.1, 0.15) is 5.82 Å². The van der Waals surface area contributed by atoms with Crippen molar-refractivity contribution in [3.05, 3.63) is 41.3 Å². The van der Waals surface area contributed by atoms with Gasteiger partial charge in [-0.2, -0.15) is 0 Å². The first-order valence-corrected chi connectivity index (χ1v) is 6.95. The number of benzene rings is 1. The lowest BCUT2D eigenvalue weighted by molar-refractivity contribution is -0.146. The lowest BCUT2D eigenvalue weighted by Gasteiger charge is -2.20. The molecule has 2 heterocycles. The number of imidazole rings is 1. The first kappa shape index (κ1) is 13.2. The number of ether oxygens (including phenoxy) is 1. The highest BCUT2D eigenvalue weighted by atomic mass is 35.5. The first-order chi connectivity index (χ1) is 9.67. The van der Waals surface area contributed by atoms with Crippen LogP contribution in [0.5, 0.6) is 0 Å². The zero-order chi connectivity index (χ0) is 14.1. The smallest absolute Gasteiger partial charge is 0.309 e. The predicted octanol–water partition coefficient (Wildman–Crippen LogP) is 2.94. The monoisotopic (exact) mass is 290 g/mol. The van der Waals surface area contributed by atoms with Crippen LogP contribution in [0.15, 0.2) is 30.5 Å². The van der Waals surface area contributed by atoms with Crippen LogP contribution in [0.25, 0.3) is 11.3 Å². The molecule has 1 atom stereocenters. The maximum atomic E-state index is 11.6. The number of carbonyl (C=O) groups excluding carboxylic acids is 1. The summed E-state index contributed by atoms with van der Waals surface area (Å²) in [5.74, 6) is 0.701. The van der Waals surface area contributed by atoms with Crippen molar-refractivity contribution >= 4 is 17.6 Å². The first-order valence-electron chi connectivity index (χ1n) is 6.57. The quantitative estimate of drug-likeness (QED) is 0.799. The molecule has 1 aliphatic heterocycles. The van der Waals surface area contributed by atoms with E-state index in [1.807, 2.05) is 30.5 Å². The van der Waals surface area contributed by atoms with Gasteiger partial charge in [-0.05, 0) is 18.6 Å². The van der Waals surface area contributed by atoms with Crippen LogP contribution in [0, 0.1) is 5.92 Å². The Hall–Kier alpha value is -1.81. The van der Waals surface area contributed by atoms with Gasteiger partial charge >= 0.3 is 5.97 Å². The predicted molar refractivity (Wildman–Crippen MR) is 76.5 cm³/mol. The molecular weight excluding hydrogens is 276 g/mol. The number of fused-ring (bicyclic) bond motifs is 1. The molecule has 0 saturated carbocycles. The maximum absolute atomic E-state index is 11.6. The number of methoxy groups -OCH3 is 1. The van der Waals surface area contributed by atoms with E-state index in [9.17, 15) is 4.79 Å². The molecule has 0 bridgehead atoms. The summed E-state index contributed by atoms with van der Waals surface area (Å²) in [7, 11) is 1.43. The SMILES string of the molecule is COC(=O)C1CCn2cc(-c3cccc(Cl)c3)nc2C1. The van der Waals surface area contributed by atoms with Gasteiger partial charge in [-0.25, -0.2) is 4.98 Å². The van der Waals surface area contributed by atoms with Gasteiger partial charge in [-0.3, -0.25) is 4.79 Å². The molecule has 1 aromatic heterocycles. The second kappa shape index (κ2) is 5.29. The van der Waals surface area contributed by atoms with Crippen molar-refractivity contribution in [2.75, 3.05) is 7.11 Å².